The number of nitro groups is 1. The minimum Gasteiger partial charge on any atom is -0.436 e. The van der Waals surface area contributed by atoms with Gasteiger partial charge >= 0.3 is 6.03 Å². The van der Waals surface area contributed by atoms with Gasteiger partial charge in [0.1, 0.15) is 12.1 Å². The molecule has 0 aliphatic carbocycles. The molecule has 166 valence electrons. The number of nitrogens with one attached hydrogen (secondary N) is 1. The van der Waals surface area contributed by atoms with Gasteiger partial charge in [0.15, 0.2) is 11.6 Å². The highest BCUT2D eigenvalue weighted by Crippen LogP contribution is 2.27. The van der Waals surface area contributed by atoms with Crippen LogP contribution in [0.2, 0.25) is 0 Å². The van der Waals surface area contributed by atoms with Crippen molar-refractivity contribution < 1.29 is 18.8 Å². The molecule has 0 radical (unpaired) electrons. The number of likely N-dealkylation sites (tertiary alicyclic amines) is 1. The third-order valence-corrected chi connectivity index (χ3v) is 4.98. The van der Waals surface area contributed by atoms with Gasteiger partial charge < -0.3 is 14.5 Å². The van der Waals surface area contributed by atoms with Gasteiger partial charge in [-0.1, -0.05) is 0 Å². The maximum Gasteiger partial charge on any atom is 0.322 e. The predicted molar refractivity (Wildman–Crippen MR) is 112 cm³/mol. The number of aromatic nitrogens is 2. The van der Waals surface area contributed by atoms with Crippen molar-refractivity contribution in [3.8, 4) is 11.6 Å². The number of carbonyl (C=O) groups is 1. The molecule has 1 aromatic heterocycles. The molecule has 2 amide bonds. The minimum atomic E-state index is -0.896. The molecular weight excluding hydrogens is 407 g/mol. The number of benzene rings is 1. The van der Waals surface area contributed by atoms with Crippen LogP contribution >= 0.6 is 0 Å². The van der Waals surface area contributed by atoms with E-state index in [9.17, 15) is 19.3 Å². The van der Waals surface area contributed by atoms with Crippen molar-refractivity contribution in [2.75, 3.05) is 38.5 Å². The molecule has 1 aromatic carbocycles. The van der Waals surface area contributed by atoms with Crippen LogP contribution in [0.3, 0.4) is 0 Å². The lowest BCUT2D eigenvalue weighted by Crippen LogP contribution is -2.33. The maximum atomic E-state index is 14.0. The highest BCUT2D eigenvalue weighted by Gasteiger charge is 2.15. The van der Waals surface area contributed by atoms with Gasteiger partial charge in [0.25, 0.3) is 5.69 Å². The summed E-state index contributed by atoms with van der Waals surface area (Å²) in [6.07, 6.45) is 5.64. The zero-order chi connectivity index (χ0) is 22.2. The number of amides is 2. The molecule has 1 fully saturated rings. The molecule has 1 aliphatic rings. The van der Waals surface area contributed by atoms with Gasteiger partial charge in [0.05, 0.1) is 11.0 Å². The van der Waals surface area contributed by atoms with Gasteiger partial charge in [-0.2, -0.15) is 0 Å². The van der Waals surface area contributed by atoms with E-state index in [1.165, 1.54) is 25.2 Å². The van der Waals surface area contributed by atoms with Crippen LogP contribution in [0.5, 0.6) is 11.6 Å². The Balaban J connectivity index is 1.50. The van der Waals surface area contributed by atoms with Crippen molar-refractivity contribution in [1.29, 1.82) is 0 Å². The molecule has 0 atom stereocenters. The average Bonchev–Trinajstić information content (AvgIpc) is 3.26. The minimum absolute atomic E-state index is 0.00804. The summed E-state index contributed by atoms with van der Waals surface area (Å²) in [5.74, 6) is -0.934. The number of halogens is 1. The van der Waals surface area contributed by atoms with Gasteiger partial charge in [0.2, 0.25) is 5.88 Å². The van der Waals surface area contributed by atoms with Crippen molar-refractivity contribution in [2.24, 2.45) is 0 Å². The molecule has 10 nitrogen and oxygen atoms in total. The first kappa shape index (κ1) is 22.3. The van der Waals surface area contributed by atoms with Crippen molar-refractivity contribution in [1.82, 2.24) is 19.8 Å². The largest absolute Gasteiger partial charge is 0.436 e. The molecule has 3 rings (SSSR count). The van der Waals surface area contributed by atoms with Crippen LogP contribution in [-0.4, -0.2) is 63.9 Å². The Labute approximate surface area is 179 Å². The van der Waals surface area contributed by atoms with Crippen molar-refractivity contribution in [3.05, 3.63) is 46.5 Å². The second kappa shape index (κ2) is 10.6. The van der Waals surface area contributed by atoms with Crippen LogP contribution in [0, 0.1) is 15.9 Å². The first-order valence-corrected chi connectivity index (χ1v) is 10.1. The van der Waals surface area contributed by atoms with Crippen molar-refractivity contribution >= 4 is 17.5 Å². The Hall–Kier alpha value is -3.34. The fraction of sp³-hybridized carbons (Fsp3) is 0.450. The Bertz CT molecular complexity index is 922. The quantitative estimate of drug-likeness (QED) is 0.365. The highest BCUT2D eigenvalue weighted by atomic mass is 19.1. The van der Waals surface area contributed by atoms with Gasteiger partial charge in [-0.15, -0.1) is 0 Å². The number of carbonyl (C=O) groups excluding carboxylic acids is 1. The number of urea groups is 1. The second-order valence-corrected chi connectivity index (χ2v) is 7.32. The summed E-state index contributed by atoms with van der Waals surface area (Å²) >= 11 is 0. The first-order chi connectivity index (χ1) is 14.9. The van der Waals surface area contributed by atoms with E-state index in [2.05, 4.69) is 20.2 Å². The van der Waals surface area contributed by atoms with E-state index in [1.54, 1.807) is 11.9 Å². The van der Waals surface area contributed by atoms with E-state index >= 15 is 0 Å². The van der Waals surface area contributed by atoms with Crippen LogP contribution < -0.4 is 10.1 Å². The molecule has 0 saturated carbocycles. The number of ether oxygens (including phenoxy) is 1. The zero-order valence-corrected chi connectivity index (χ0v) is 17.3. The Kier molecular flexibility index (Phi) is 7.65. The molecule has 1 N–H and O–H groups in total. The average molecular weight is 432 g/mol. The van der Waals surface area contributed by atoms with E-state index < -0.39 is 10.7 Å². The maximum absolute atomic E-state index is 14.0. The van der Waals surface area contributed by atoms with Gasteiger partial charge in [-0.05, 0) is 51.4 Å². The van der Waals surface area contributed by atoms with Gasteiger partial charge in [0, 0.05) is 25.7 Å². The zero-order valence-electron chi connectivity index (χ0n) is 17.3. The molecule has 0 bridgehead atoms. The summed E-state index contributed by atoms with van der Waals surface area (Å²) in [5, 5.41) is 13.4. The molecular formula is C20H25FN6O4. The van der Waals surface area contributed by atoms with E-state index in [1.807, 2.05) is 0 Å². The normalized spacial score (nSPS) is 13.7. The molecule has 2 aromatic rings. The monoisotopic (exact) mass is 432 g/mol. The third-order valence-electron chi connectivity index (χ3n) is 4.98. The number of hydrogen-bond donors (Lipinski definition) is 1. The van der Waals surface area contributed by atoms with E-state index in [4.69, 9.17) is 4.74 Å². The number of hydrogen-bond acceptors (Lipinski definition) is 7. The fourth-order valence-corrected chi connectivity index (χ4v) is 3.26. The summed E-state index contributed by atoms with van der Waals surface area (Å²) in [7, 11) is 1.70. The molecule has 1 aliphatic heterocycles. The number of anilines is 1. The number of nitrogens with zero attached hydrogens (tertiary/aromatic N) is 5. The summed E-state index contributed by atoms with van der Waals surface area (Å²) in [6.45, 7) is 4.00. The van der Waals surface area contributed by atoms with Crippen molar-refractivity contribution in [2.45, 2.75) is 25.7 Å². The van der Waals surface area contributed by atoms with Crippen LogP contribution in [0.4, 0.5) is 20.7 Å². The molecule has 2 heterocycles. The standard InChI is InChI=1S/C20H25FN6O4/c1-25(8-2-3-9-26-10-4-5-11-26)20(28)24-18-13-19(23-14-22-18)31-17-7-6-15(27(29)30)12-16(17)21/h6-7,12-14H,2-5,8-11H2,1H3,(H,22,23,24,28). The topological polar surface area (TPSA) is 114 Å². The molecule has 0 unspecified atom stereocenters. The first-order valence-electron chi connectivity index (χ1n) is 10.1. The van der Waals surface area contributed by atoms with Crippen LogP contribution in [0.1, 0.15) is 25.7 Å². The number of nitro benzene ring substituents is 1. The predicted octanol–water partition coefficient (Wildman–Crippen LogP) is 3.66. The van der Waals surface area contributed by atoms with Crippen LogP contribution in [-0.2, 0) is 0 Å². The molecule has 31 heavy (non-hydrogen) atoms. The Morgan fingerprint density at radius 2 is 2.06 bits per heavy atom. The van der Waals surface area contributed by atoms with Crippen molar-refractivity contribution in [3.63, 3.8) is 0 Å². The Morgan fingerprint density at radius 1 is 1.29 bits per heavy atom. The smallest absolute Gasteiger partial charge is 0.322 e. The highest BCUT2D eigenvalue weighted by molar-refractivity contribution is 5.88. The lowest BCUT2D eigenvalue weighted by Gasteiger charge is -2.19. The van der Waals surface area contributed by atoms with E-state index in [0.29, 0.717) is 6.54 Å². The lowest BCUT2D eigenvalue weighted by atomic mass is 10.3. The lowest BCUT2D eigenvalue weighted by molar-refractivity contribution is -0.385. The van der Waals surface area contributed by atoms with E-state index in [-0.39, 0.29) is 29.2 Å². The molecule has 1 saturated heterocycles. The fourth-order valence-electron chi connectivity index (χ4n) is 3.26. The van der Waals surface area contributed by atoms with Gasteiger partial charge in [-0.25, -0.2) is 19.2 Å². The van der Waals surface area contributed by atoms with Crippen LogP contribution in [0.25, 0.3) is 0 Å². The number of rotatable bonds is 9. The number of unbranched alkanes of at least 4 members (excludes halogenated alkanes) is 1. The Morgan fingerprint density at radius 3 is 2.77 bits per heavy atom. The molecule has 11 heteroatoms. The van der Waals surface area contributed by atoms with E-state index in [0.717, 1.165) is 50.7 Å². The third kappa shape index (κ3) is 6.57. The summed E-state index contributed by atoms with van der Waals surface area (Å²) < 4.78 is 19.3. The summed E-state index contributed by atoms with van der Waals surface area (Å²) in [5.41, 5.74) is -0.385. The summed E-state index contributed by atoms with van der Waals surface area (Å²) in [4.78, 5) is 34.2. The summed E-state index contributed by atoms with van der Waals surface area (Å²) in [6, 6.07) is 4.05. The SMILES string of the molecule is CN(CCCCN1CCCC1)C(=O)Nc1cc(Oc2ccc([N+](=O)[O-])cc2F)ncn1. The van der Waals surface area contributed by atoms with Crippen LogP contribution in [0.15, 0.2) is 30.6 Å². The number of non-ortho nitro benzene ring substituents is 1. The molecule has 0 spiro atoms. The van der Waals surface area contributed by atoms with Gasteiger partial charge in [-0.3, -0.25) is 15.4 Å². The second-order valence-electron chi connectivity index (χ2n) is 7.32.